The highest BCUT2D eigenvalue weighted by molar-refractivity contribution is 6.98. The summed E-state index contributed by atoms with van der Waals surface area (Å²) < 4.78 is 19.9. The molecule has 11 rings (SSSR count). The van der Waals surface area contributed by atoms with Crippen molar-refractivity contribution in [1.82, 2.24) is 0 Å². The largest absolute Gasteiger partial charge is 0.458 e. The van der Waals surface area contributed by atoms with Crippen LogP contribution in [0, 0.1) is 0 Å². The summed E-state index contributed by atoms with van der Waals surface area (Å²) in [5.41, 5.74) is 8.15. The zero-order valence-electron chi connectivity index (χ0n) is 26.3. The van der Waals surface area contributed by atoms with Crippen molar-refractivity contribution >= 4 is 83.6 Å². The van der Waals surface area contributed by atoms with E-state index in [0.717, 1.165) is 89.2 Å². The van der Waals surface area contributed by atoms with E-state index >= 15 is 0 Å². The number of benzene rings is 8. The molecule has 2 aliphatic rings. The van der Waals surface area contributed by atoms with E-state index in [1.807, 2.05) is 30.3 Å². The van der Waals surface area contributed by atoms with E-state index in [-0.39, 0.29) is 6.71 Å². The van der Waals surface area contributed by atoms with Crippen molar-refractivity contribution in [1.29, 1.82) is 0 Å². The minimum atomic E-state index is -0.0220. The Hall–Kier alpha value is -6.46. The Morgan fingerprint density at radius 3 is 2.02 bits per heavy atom. The molecule has 0 saturated heterocycles. The van der Waals surface area contributed by atoms with E-state index in [0.29, 0.717) is 0 Å². The van der Waals surface area contributed by atoms with Gasteiger partial charge in [-0.15, -0.1) is 0 Å². The zero-order chi connectivity index (χ0) is 32.1. The molecule has 1 aromatic heterocycles. The Labute approximate surface area is 282 Å². The minimum Gasteiger partial charge on any atom is -0.458 e. The molecule has 228 valence electrons. The van der Waals surface area contributed by atoms with Crippen LogP contribution in [0.3, 0.4) is 0 Å². The van der Waals surface area contributed by atoms with Gasteiger partial charge in [0.15, 0.2) is 0 Å². The van der Waals surface area contributed by atoms with Gasteiger partial charge in [-0.2, -0.15) is 0 Å². The van der Waals surface area contributed by atoms with Crippen LogP contribution >= 0.6 is 0 Å². The summed E-state index contributed by atoms with van der Waals surface area (Å²) in [7, 11) is 0. The van der Waals surface area contributed by atoms with Crippen LogP contribution in [0.5, 0.6) is 23.0 Å². The van der Waals surface area contributed by atoms with Crippen molar-refractivity contribution < 1.29 is 13.9 Å². The SMILES string of the molecule is c1ccc(N(c2ccc3ccccc3c2)c2cc3oc4cc5c(cc4c3c3ccccc23)Oc2cccc3c2B5c2ccccc2O3)cc1. The maximum Gasteiger partial charge on any atom is 0.260 e. The monoisotopic (exact) mass is 627 g/mol. The number of rotatable bonds is 3. The van der Waals surface area contributed by atoms with Crippen molar-refractivity contribution in [3.05, 3.63) is 158 Å². The van der Waals surface area contributed by atoms with E-state index in [4.69, 9.17) is 13.9 Å². The first-order valence-corrected chi connectivity index (χ1v) is 16.6. The lowest BCUT2D eigenvalue weighted by molar-refractivity contribution is 0.465. The molecule has 0 fully saturated rings. The normalized spacial score (nSPS) is 12.8. The standard InChI is InChI=1S/C44H26BNO3/c1-2-13-29(14-3-1)46(30-22-21-27-11-4-5-12-28(27)23-30)36-26-42-43(32-16-7-6-15-31(32)36)33-24-41-35(25-40(33)49-42)45-34-17-8-9-18-37(34)47-38-19-10-20-39(48-41)44(38)45/h1-26H. The van der Waals surface area contributed by atoms with Crippen molar-refractivity contribution in [2.75, 3.05) is 4.90 Å². The van der Waals surface area contributed by atoms with Crippen LogP contribution in [0.4, 0.5) is 17.1 Å². The van der Waals surface area contributed by atoms with Crippen LogP contribution in [0.1, 0.15) is 0 Å². The fourth-order valence-corrected chi connectivity index (χ4v) is 8.00. The van der Waals surface area contributed by atoms with Gasteiger partial charge >= 0.3 is 0 Å². The van der Waals surface area contributed by atoms with Gasteiger partial charge in [0.2, 0.25) is 0 Å². The molecule has 0 radical (unpaired) electrons. The lowest BCUT2D eigenvalue weighted by Crippen LogP contribution is -2.57. The molecular formula is C44H26BNO3. The third-order valence-corrected chi connectivity index (χ3v) is 10.1. The van der Waals surface area contributed by atoms with Crippen LogP contribution in [-0.4, -0.2) is 6.71 Å². The van der Waals surface area contributed by atoms with E-state index in [9.17, 15) is 0 Å². The Morgan fingerprint density at radius 1 is 0.429 bits per heavy atom. The topological polar surface area (TPSA) is 34.8 Å². The van der Waals surface area contributed by atoms with Crippen LogP contribution in [0.2, 0.25) is 0 Å². The maximum absolute atomic E-state index is 6.86. The Morgan fingerprint density at radius 2 is 1.14 bits per heavy atom. The smallest absolute Gasteiger partial charge is 0.260 e. The average Bonchev–Trinajstić information content (AvgIpc) is 3.51. The first kappa shape index (κ1) is 26.6. The van der Waals surface area contributed by atoms with Crippen LogP contribution in [0.25, 0.3) is 43.5 Å². The summed E-state index contributed by atoms with van der Waals surface area (Å²) in [6, 6.07) is 55.3. The molecule has 0 spiro atoms. The highest BCUT2D eigenvalue weighted by Crippen LogP contribution is 2.46. The van der Waals surface area contributed by atoms with E-state index in [1.165, 1.54) is 10.8 Å². The number of anilines is 3. The van der Waals surface area contributed by atoms with Gasteiger partial charge in [-0.05, 0) is 81.7 Å². The van der Waals surface area contributed by atoms with Gasteiger partial charge < -0.3 is 18.8 Å². The second-order valence-electron chi connectivity index (χ2n) is 12.8. The second kappa shape index (κ2) is 10.0. The molecule has 2 aliphatic heterocycles. The quantitative estimate of drug-likeness (QED) is 0.183. The summed E-state index contributed by atoms with van der Waals surface area (Å²) >= 11 is 0. The predicted molar refractivity (Wildman–Crippen MR) is 201 cm³/mol. The maximum atomic E-state index is 6.86. The predicted octanol–water partition coefficient (Wildman–Crippen LogP) is 10.1. The molecule has 9 aromatic rings. The van der Waals surface area contributed by atoms with Crippen molar-refractivity contribution in [2.24, 2.45) is 0 Å². The molecule has 4 nitrogen and oxygen atoms in total. The molecule has 0 atom stereocenters. The van der Waals surface area contributed by atoms with Gasteiger partial charge in [-0.25, -0.2) is 0 Å². The number of fused-ring (bicyclic) bond motifs is 10. The van der Waals surface area contributed by atoms with Crippen molar-refractivity contribution in [3.8, 4) is 23.0 Å². The molecule has 0 aliphatic carbocycles. The van der Waals surface area contributed by atoms with Crippen LogP contribution in [0.15, 0.2) is 162 Å². The van der Waals surface area contributed by atoms with Gasteiger partial charge in [0.1, 0.15) is 34.2 Å². The zero-order valence-corrected chi connectivity index (χ0v) is 26.3. The summed E-state index contributed by atoms with van der Waals surface area (Å²) in [5, 5.41) is 6.79. The molecule has 0 amide bonds. The molecule has 0 saturated carbocycles. The number of hydrogen-bond donors (Lipinski definition) is 0. The van der Waals surface area contributed by atoms with Gasteiger partial charge in [-0.1, -0.05) is 97.1 Å². The molecule has 0 bridgehead atoms. The van der Waals surface area contributed by atoms with Crippen LogP contribution < -0.4 is 30.8 Å². The third-order valence-electron chi connectivity index (χ3n) is 10.1. The molecule has 5 heteroatoms. The second-order valence-corrected chi connectivity index (χ2v) is 12.8. The van der Waals surface area contributed by atoms with E-state index in [2.05, 4.69) is 132 Å². The summed E-state index contributed by atoms with van der Waals surface area (Å²) in [6.45, 7) is -0.0220. The minimum absolute atomic E-state index is 0.0220. The number of ether oxygens (including phenoxy) is 2. The van der Waals surface area contributed by atoms with E-state index in [1.54, 1.807) is 0 Å². The van der Waals surface area contributed by atoms with Gasteiger partial charge in [0.05, 0.1) is 5.69 Å². The Kier molecular flexibility index (Phi) is 5.44. The summed E-state index contributed by atoms with van der Waals surface area (Å²) in [5.74, 6) is 3.39. The third kappa shape index (κ3) is 3.87. The molecule has 8 aromatic carbocycles. The van der Waals surface area contributed by atoms with Crippen molar-refractivity contribution in [3.63, 3.8) is 0 Å². The summed E-state index contributed by atoms with van der Waals surface area (Å²) in [6.07, 6.45) is 0. The number of nitrogens with zero attached hydrogens (tertiary/aromatic N) is 1. The fraction of sp³-hybridized carbons (Fsp3) is 0. The van der Waals surface area contributed by atoms with Crippen LogP contribution in [-0.2, 0) is 0 Å². The first-order valence-electron chi connectivity index (χ1n) is 16.6. The highest BCUT2D eigenvalue weighted by atomic mass is 16.5. The first-order chi connectivity index (χ1) is 24.3. The van der Waals surface area contributed by atoms with Gasteiger partial charge in [-0.3, -0.25) is 0 Å². The molecular weight excluding hydrogens is 601 g/mol. The lowest BCUT2D eigenvalue weighted by Gasteiger charge is -2.32. The number of hydrogen-bond acceptors (Lipinski definition) is 4. The van der Waals surface area contributed by atoms with Crippen molar-refractivity contribution in [2.45, 2.75) is 0 Å². The van der Waals surface area contributed by atoms with Gasteiger partial charge in [0.25, 0.3) is 6.71 Å². The molecule has 49 heavy (non-hydrogen) atoms. The average molecular weight is 628 g/mol. The Balaban J connectivity index is 1.17. The molecule has 3 heterocycles. The Bertz CT molecular complexity index is 2810. The summed E-state index contributed by atoms with van der Waals surface area (Å²) in [4.78, 5) is 2.34. The van der Waals surface area contributed by atoms with E-state index < -0.39 is 0 Å². The number of furan rings is 1. The fourth-order valence-electron chi connectivity index (χ4n) is 8.00. The molecule has 0 N–H and O–H groups in total. The molecule has 0 unspecified atom stereocenters. The highest BCUT2D eigenvalue weighted by Gasteiger charge is 2.40. The lowest BCUT2D eigenvalue weighted by atomic mass is 9.35. The number of para-hydroxylation sites is 2. The van der Waals surface area contributed by atoms with Gasteiger partial charge in [0, 0.05) is 39.1 Å².